The zero-order valence-electron chi connectivity index (χ0n) is 18.5. The van der Waals surface area contributed by atoms with Gasteiger partial charge in [-0.1, -0.05) is 0 Å². The average molecular weight is 489 g/mol. The Hall–Kier alpha value is -3.95. The molecule has 0 heterocycles. The number of nitrogens with zero attached hydrogens (tertiary/aromatic N) is 1. The van der Waals surface area contributed by atoms with Crippen LogP contribution in [-0.2, 0) is 28.8 Å². The molecule has 0 aromatic heterocycles. The van der Waals surface area contributed by atoms with Gasteiger partial charge in [-0.15, -0.1) is 0 Å². The number of guanidine groups is 1. The summed E-state index contributed by atoms with van der Waals surface area (Å²) >= 11 is 0. The summed E-state index contributed by atoms with van der Waals surface area (Å²) in [6.45, 7) is 1.34. The van der Waals surface area contributed by atoms with E-state index in [0.717, 1.165) is 6.92 Å². The SMILES string of the molecule is CC(NC(=O)C(CCC(=O)O)NC(=O)C(CC(=O)O)NC(=O)C(N)CCCN=C(N)N)C(=O)O. The third kappa shape index (κ3) is 12.8. The number of carboxylic acid groups (broad SMARTS) is 3. The lowest BCUT2D eigenvalue weighted by Gasteiger charge is -2.23. The second-order valence-corrected chi connectivity index (χ2v) is 7.28. The van der Waals surface area contributed by atoms with Crippen LogP contribution >= 0.6 is 0 Å². The highest BCUT2D eigenvalue weighted by Gasteiger charge is 2.30. The number of nitrogens with two attached hydrogens (primary N) is 3. The van der Waals surface area contributed by atoms with Crippen LogP contribution < -0.4 is 33.2 Å². The van der Waals surface area contributed by atoms with E-state index in [9.17, 15) is 28.8 Å². The van der Waals surface area contributed by atoms with Crippen molar-refractivity contribution in [1.29, 1.82) is 0 Å². The Morgan fingerprint density at radius 1 is 0.824 bits per heavy atom. The zero-order chi connectivity index (χ0) is 26.4. The van der Waals surface area contributed by atoms with Crippen molar-refractivity contribution in [1.82, 2.24) is 16.0 Å². The molecule has 0 saturated carbocycles. The predicted molar refractivity (Wildman–Crippen MR) is 116 cm³/mol. The molecule has 0 aliphatic rings. The van der Waals surface area contributed by atoms with Crippen molar-refractivity contribution in [2.24, 2.45) is 22.2 Å². The van der Waals surface area contributed by atoms with Crippen LogP contribution in [0.2, 0.25) is 0 Å². The molecule has 0 radical (unpaired) electrons. The van der Waals surface area contributed by atoms with Gasteiger partial charge in [0.2, 0.25) is 17.7 Å². The number of rotatable bonds is 16. The Morgan fingerprint density at radius 3 is 1.88 bits per heavy atom. The molecule has 16 nitrogen and oxygen atoms in total. The van der Waals surface area contributed by atoms with Crippen molar-refractivity contribution in [3.05, 3.63) is 0 Å². The number of amides is 3. The minimum absolute atomic E-state index is 0.112. The van der Waals surface area contributed by atoms with Gasteiger partial charge in [-0.25, -0.2) is 0 Å². The zero-order valence-corrected chi connectivity index (χ0v) is 18.5. The average Bonchev–Trinajstić information content (AvgIpc) is 2.72. The minimum Gasteiger partial charge on any atom is -0.481 e. The quantitative estimate of drug-likeness (QED) is 0.0574. The second-order valence-electron chi connectivity index (χ2n) is 7.28. The highest BCUT2D eigenvalue weighted by atomic mass is 16.4. The van der Waals surface area contributed by atoms with E-state index < -0.39 is 79.1 Å². The largest absolute Gasteiger partial charge is 0.481 e. The number of carboxylic acids is 3. The predicted octanol–water partition coefficient (Wildman–Crippen LogP) is -3.73. The fourth-order valence-corrected chi connectivity index (χ4v) is 2.50. The summed E-state index contributed by atoms with van der Waals surface area (Å²) in [7, 11) is 0. The van der Waals surface area contributed by atoms with Crippen LogP contribution in [0.4, 0.5) is 0 Å². The van der Waals surface area contributed by atoms with Crippen LogP contribution in [0.1, 0.15) is 39.0 Å². The number of aliphatic imine (C=N–C) groups is 1. The van der Waals surface area contributed by atoms with E-state index in [0.29, 0.717) is 6.42 Å². The van der Waals surface area contributed by atoms with Gasteiger partial charge in [0.1, 0.15) is 18.1 Å². The summed E-state index contributed by atoms with van der Waals surface area (Å²) in [4.78, 5) is 74.0. The summed E-state index contributed by atoms with van der Waals surface area (Å²) in [5, 5.41) is 33.3. The molecule has 16 heteroatoms. The van der Waals surface area contributed by atoms with Crippen molar-refractivity contribution < 1.29 is 44.1 Å². The maximum Gasteiger partial charge on any atom is 0.325 e. The standard InChI is InChI=1S/C18H31N7O9/c1-8(17(33)34)23-15(31)10(4-5-12(26)27)24-16(32)11(7-13(28)29)25-14(30)9(19)3-2-6-22-18(20)21/h8-11H,2-7,19H2,1H3,(H,23,31)(H,24,32)(H,25,30)(H,26,27)(H,28,29)(H,33,34)(H4,20,21,22). The van der Waals surface area contributed by atoms with Gasteiger partial charge in [-0.3, -0.25) is 33.8 Å². The number of aliphatic carboxylic acids is 3. The topological polar surface area (TPSA) is 290 Å². The van der Waals surface area contributed by atoms with Gasteiger partial charge in [-0.2, -0.15) is 0 Å². The smallest absolute Gasteiger partial charge is 0.325 e. The van der Waals surface area contributed by atoms with Crippen molar-refractivity contribution >= 4 is 41.6 Å². The van der Waals surface area contributed by atoms with Crippen LogP contribution in [0.3, 0.4) is 0 Å². The van der Waals surface area contributed by atoms with Crippen molar-refractivity contribution in [3.63, 3.8) is 0 Å². The number of hydrogen-bond donors (Lipinski definition) is 9. The van der Waals surface area contributed by atoms with Gasteiger partial charge in [-0.05, 0) is 26.2 Å². The molecule has 0 aliphatic carbocycles. The maximum absolute atomic E-state index is 12.6. The highest BCUT2D eigenvalue weighted by molar-refractivity contribution is 5.95. The van der Waals surface area contributed by atoms with Crippen LogP contribution in [0.5, 0.6) is 0 Å². The number of carbonyl (C=O) groups is 6. The third-order valence-corrected chi connectivity index (χ3v) is 4.33. The number of carbonyl (C=O) groups excluding carboxylic acids is 3. The van der Waals surface area contributed by atoms with Crippen molar-refractivity contribution in [3.8, 4) is 0 Å². The molecule has 0 fully saturated rings. The molecule has 3 amide bonds. The number of hydrogen-bond acceptors (Lipinski definition) is 8. The lowest BCUT2D eigenvalue weighted by molar-refractivity contribution is -0.143. The molecule has 34 heavy (non-hydrogen) atoms. The first kappa shape index (κ1) is 30.1. The first-order valence-corrected chi connectivity index (χ1v) is 10.1. The van der Waals surface area contributed by atoms with Crippen LogP contribution in [-0.4, -0.2) is 87.6 Å². The molecule has 0 aromatic carbocycles. The first-order chi connectivity index (χ1) is 15.7. The molecule has 4 unspecified atom stereocenters. The van der Waals surface area contributed by atoms with E-state index in [-0.39, 0.29) is 18.9 Å². The third-order valence-electron chi connectivity index (χ3n) is 4.33. The summed E-state index contributed by atoms with van der Waals surface area (Å²) in [5.41, 5.74) is 16.1. The Morgan fingerprint density at radius 2 is 1.38 bits per heavy atom. The monoisotopic (exact) mass is 489 g/mol. The van der Waals surface area contributed by atoms with E-state index >= 15 is 0 Å². The minimum atomic E-state index is -1.65. The summed E-state index contributed by atoms with van der Waals surface area (Å²) in [6.07, 6.45) is -1.41. The molecule has 0 rings (SSSR count). The lowest BCUT2D eigenvalue weighted by Crippen LogP contribution is -2.57. The van der Waals surface area contributed by atoms with E-state index in [1.165, 1.54) is 0 Å². The fraction of sp³-hybridized carbons (Fsp3) is 0.611. The second kappa shape index (κ2) is 15.0. The Bertz CT molecular complexity index is 799. The maximum atomic E-state index is 12.6. The first-order valence-electron chi connectivity index (χ1n) is 10.1. The molecule has 0 aliphatic heterocycles. The summed E-state index contributed by atoms with van der Waals surface area (Å²) in [5.74, 6) is -7.21. The Kier molecular flexibility index (Phi) is 13.2. The van der Waals surface area contributed by atoms with Gasteiger partial charge in [0, 0.05) is 13.0 Å². The molecule has 192 valence electrons. The van der Waals surface area contributed by atoms with Crippen LogP contribution in [0.15, 0.2) is 4.99 Å². The molecular formula is C18H31N7O9. The highest BCUT2D eigenvalue weighted by Crippen LogP contribution is 2.04. The lowest BCUT2D eigenvalue weighted by atomic mass is 10.1. The molecule has 0 saturated heterocycles. The molecule has 0 spiro atoms. The van der Waals surface area contributed by atoms with Crippen LogP contribution in [0.25, 0.3) is 0 Å². The molecule has 0 aromatic rings. The normalized spacial score (nSPS) is 13.9. The fourth-order valence-electron chi connectivity index (χ4n) is 2.50. The summed E-state index contributed by atoms with van der Waals surface area (Å²) in [6, 6.07) is -5.62. The van der Waals surface area contributed by atoms with E-state index in [1.54, 1.807) is 0 Å². The van der Waals surface area contributed by atoms with Crippen LogP contribution in [0, 0.1) is 0 Å². The number of nitrogens with one attached hydrogen (secondary N) is 3. The van der Waals surface area contributed by atoms with E-state index in [4.69, 9.17) is 32.5 Å². The van der Waals surface area contributed by atoms with E-state index in [1.807, 2.05) is 0 Å². The van der Waals surface area contributed by atoms with Gasteiger partial charge < -0.3 is 48.5 Å². The Labute approximate surface area is 194 Å². The van der Waals surface area contributed by atoms with Gasteiger partial charge in [0.05, 0.1) is 12.5 Å². The van der Waals surface area contributed by atoms with Gasteiger partial charge in [0.15, 0.2) is 5.96 Å². The molecule has 4 atom stereocenters. The molecule has 12 N–H and O–H groups in total. The van der Waals surface area contributed by atoms with Crippen molar-refractivity contribution in [2.45, 2.75) is 63.2 Å². The molecular weight excluding hydrogens is 458 g/mol. The van der Waals surface area contributed by atoms with E-state index in [2.05, 4.69) is 20.9 Å². The Balaban J connectivity index is 5.32. The van der Waals surface area contributed by atoms with Gasteiger partial charge >= 0.3 is 17.9 Å². The van der Waals surface area contributed by atoms with Gasteiger partial charge in [0.25, 0.3) is 0 Å². The molecule has 0 bridgehead atoms. The summed E-state index contributed by atoms with van der Waals surface area (Å²) < 4.78 is 0. The van der Waals surface area contributed by atoms with Crippen molar-refractivity contribution in [2.75, 3.05) is 6.54 Å².